The molecule has 1 aliphatic rings. The van der Waals surface area contributed by atoms with Crippen molar-refractivity contribution in [1.82, 2.24) is 4.57 Å². The standard InChI is InChI=1S/C16H21N3O3/c1-16(17)8-4-3-5-11(16)14(20)18-10-6-7-12-13(9-10)22-15(21)19(12)2/h6-7,9,11H,3-5,8,17H2,1-2H3,(H,18,20). The van der Waals surface area contributed by atoms with Crippen molar-refractivity contribution in [1.29, 1.82) is 0 Å². The van der Waals surface area contributed by atoms with Crippen LogP contribution in [0.4, 0.5) is 5.69 Å². The highest BCUT2D eigenvalue weighted by atomic mass is 16.4. The van der Waals surface area contributed by atoms with E-state index >= 15 is 0 Å². The second-order valence-corrected chi connectivity index (χ2v) is 6.40. The summed E-state index contributed by atoms with van der Waals surface area (Å²) in [6.45, 7) is 1.94. The van der Waals surface area contributed by atoms with Crippen LogP contribution < -0.4 is 16.8 Å². The van der Waals surface area contributed by atoms with Gasteiger partial charge in [-0.15, -0.1) is 0 Å². The van der Waals surface area contributed by atoms with Crippen LogP contribution in [0, 0.1) is 5.92 Å². The van der Waals surface area contributed by atoms with E-state index in [9.17, 15) is 9.59 Å². The van der Waals surface area contributed by atoms with Crippen LogP contribution in [0.25, 0.3) is 11.1 Å². The summed E-state index contributed by atoms with van der Waals surface area (Å²) in [4.78, 5) is 24.0. The summed E-state index contributed by atoms with van der Waals surface area (Å²) in [5.41, 5.74) is 7.58. The van der Waals surface area contributed by atoms with Crippen LogP contribution in [-0.4, -0.2) is 16.0 Å². The molecule has 118 valence electrons. The summed E-state index contributed by atoms with van der Waals surface area (Å²) in [5.74, 6) is -0.678. The maximum atomic E-state index is 12.5. The number of fused-ring (bicyclic) bond motifs is 1. The molecule has 0 bridgehead atoms. The molecule has 1 aromatic carbocycles. The van der Waals surface area contributed by atoms with E-state index in [0.717, 1.165) is 25.7 Å². The molecule has 1 heterocycles. The largest absolute Gasteiger partial charge is 0.419 e. The van der Waals surface area contributed by atoms with Crippen molar-refractivity contribution in [3.8, 4) is 0 Å². The van der Waals surface area contributed by atoms with E-state index in [1.54, 1.807) is 25.2 Å². The monoisotopic (exact) mass is 303 g/mol. The van der Waals surface area contributed by atoms with Gasteiger partial charge in [-0.25, -0.2) is 4.79 Å². The number of hydrogen-bond donors (Lipinski definition) is 2. The first-order valence-corrected chi connectivity index (χ1v) is 7.58. The van der Waals surface area contributed by atoms with E-state index in [-0.39, 0.29) is 11.8 Å². The van der Waals surface area contributed by atoms with Crippen LogP contribution in [0.15, 0.2) is 27.4 Å². The smallest absolute Gasteiger partial charge is 0.408 e. The Kier molecular flexibility index (Phi) is 3.56. The number of carbonyl (C=O) groups is 1. The number of rotatable bonds is 2. The Morgan fingerprint density at radius 2 is 2.23 bits per heavy atom. The van der Waals surface area contributed by atoms with Crippen molar-refractivity contribution in [3.63, 3.8) is 0 Å². The fourth-order valence-electron chi connectivity index (χ4n) is 3.23. The molecule has 0 saturated heterocycles. The SMILES string of the molecule is Cn1c(=O)oc2cc(NC(=O)C3CCCCC3(C)N)ccc21. The fourth-order valence-corrected chi connectivity index (χ4v) is 3.23. The van der Waals surface area contributed by atoms with Gasteiger partial charge in [-0.1, -0.05) is 12.8 Å². The minimum absolute atomic E-state index is 0.0673. The number of aromatic nitrogens is 1. The highest BCUT2D eigenvalue weighted by molar-refractivity contribution is 5.95. The molecular weight excluding hydrogens is 282 g/mol. The van der Waals surface area contributed by atoms with E-state index in [1.165, 1.54) is 4.57 Å². The Bertz CT molecular complexity index is 773. The van der Waals surface area contributed by atoms with E-state index in [0.29, 0.717) is 16.8 Å². The average molecular weight is 303 g/mol. The lowest BCUT2D eigenvalue weighted by Crippen LogP contribution is -2.51. The van der Waals surface area contributed by atoms with E-state index < -0.39 is 11.3 Å². The predicted molar refractivity (Wildman–Crippen MR) is 84.6 cm³/mol. The van der Waals surface area contributed by atoms with E-state index in [1.807, 2.05) is 6.92 Å². The maximum Gasteiger partial charge on any atom is 0.419 e. The third-order valence-corrected chi connectivity index (χ3v) is 4.63. The molecule has 2 unspecified atom stereocenters. The van der Waals surface area contributed by atoms with Gasteiger partial charge in [0.15, 0.2) is 5.58 Å². The molecule has 1 aromatic heterocycles. The number of amides is 1. The first-order valence-electron chi connectivity index (χ1n) is 7.58. The Hall–Kier alpha value is -2.08. The molecule has 3 N–H and O–H groups in total. The molecule has 1 aliphatic carbocycles. The summed E-state index contributed by atoms with van der Waals surface area (Å²) >= 11 is 0. The molecule has 2 aromatic rings. The number of carbonyl (C=O) groups excluding carboxylic acids is 1. The lowest BCUT2D eigenvalue weighted by molar-refractivity contribution is -0.122. The molecule has 6 heteroatoms. The predicted octanol–water partition coefficient (Wildman–Crippen LogP) is 1.98. The summed E-state index contributed by atoms with van der Waals surface area (Å²) < 4.78 is 6.57. The number of aryl methyl sites for hydroxylation is 1. The summed E-state index contributed by atoms with van der Waals surface area (Å²) in [6, 6.07) is 5.20. The molecule has 6 nitrogen and oxygen atoms in total. The number of anilines is 1. The van der Waals surface area contributed by atoms with Gasteiger partial charge in [0.1, 0.15) is 0 Å². The van der Waals surface area contributed by atoms with Crippen LogP contribution >= 0.6 is 0 Å². The first kappa shape index (κ1) is 14.8. The van der Waals surface area contributed by atoms with Gasteiger partial charge in [0.2, 0.25) is 5.91 Å². The van der Waals surface area contributed by atoms with Crippen LogP contribution in [0.2, 0.25) is 0 Å². The Balaban J connectivity index is 1.83. The topological polar surface area (TPSA) is 90.3 Å². The van der Waals surface area contributed by atoms with Crippen molar-refractivity contribution in [2.45, 2.75) is 38.1 Å². The summed E-state index contributed by atoms with van der Waals surface area (Å²) in [6.07, 6.45) is 3.76. The third-order valence-electron chi connectivity index (χ3n) is 4.63. The Morgan fingerprint density at radius 1 is 1.45 bits per heavy atom. The minimum Gasteiger partial charge on any atom is -0.408 e. The van der Waals surface area contributed by atoms with Crippen molar-refractivity contribution < 1.29 is 9.21 Å². The molecule has 0 aliphatic heterocycles. The van der Waals surface area contributed by atoms with Gasteiger partial charge in [-0.3, -0.25) is 9.36 Å². The van der Waals surface area contributed by atoms with Gasteiger partial charge in [-0.2, -0.15) is 0 Å². The van der Waals surface area contributed by atoms with Crippen LogP contribution in [-0.2, 0) is 11.8 Å². The molecule has 0 spiro atoms. The second-order valence-electron chi connectivity index (χ2n) is 6.40. The molecule has 3 rings (SSSR count). The van der Waals surface area contributed by atoms with Crippen LogP contribution in [0.3, 0.4) is 0 Å². The molecule has 1 amide bonds. The van der Waals surface area contributed by atoms with Gasteiger partial charge in [0.05, 0.1) is 11.4 Å². The van der Waals surface area contributed by atoms with Crippen LogP contribution in [0.5, 0.6) is 0 Å². The summed E-state index contributed by atoms with van der Waals surface area (Å²) in [5, 5.41) is 2.90. The number of benzene rings is 1. The Labute approximate surface area is 128 Å². The van der Waals surface area contributed by atoms with E-state index in [2.05, 4.69) is 5.32 Å². The van der Waals surface area contributed by atoms with Crippen molar-refractivity contribution in [2.75, 3.05) is 5.32 Å². The molecule has 0 radical (unpaired) electrons. The third kappa shape index (κ3) is 2.54. The average Bonchev–Trinajstić information content (AvgIpc) is 2.73. The van der Waals surface area contributed by atoms with Crippen LogP contribution in [0.1, 0.15) is 32.6 Å². The Morgan fingerprint density at radius 3 is 2.95 bits per heavy atom. The van der Waals surface area contributed by atoms with Crippen molar-refractivity contribution in [3.05, 3.63) is 28.7 Å². The van der Waals surface area contributed by atoms with Crippen molar-refractivity contribution in [2.24, 2.45) is 18.7 Å². The number of nitrogens with one attached hydrogen (secondary N) is 1. The molecule has 2 atom stereocenters. The number of nitrogens with zero attached hydrogens (tertiary/aromatic N) is 1. The first-order chi connectivity index (χ1) is 10.4. The normalized spacial score (nSPS) is 25.3. The molecule has 22 heavy (non-hydrogen) atoms. The molecular formula is C16H21N3O3. The maximum absolute atomic E-state index is 12.5. The zero-order valence-electron chi connectivity index (χ0n) is 12.9. The van der Waals surface area contributed by atoms with Crippen molar-refractivity contribution >= 4 is 22.7 Å². The number of nitrogens with two attached hydrogens (primary N) is 1. The van der Waals surface area contributed by atoms with Gasteiger partial charge < -0.3 is 15.5 Å². The summed E-state index contributed by atoms with van der Waals surface area (Å²) in [7, 11) is 1.65. The zero-order chi connectivity index (χ0) is 15.9. The second kappa shape index (κ2) is 5.28. The molecule has 1 fully saturated rings. The lowest BCUT2D eigenvalue weighted by Gasteiger charge is -2.37. The van der Waals surface area contributed by atoms with Gasteiger partial charge in [-0.05, 0) is 31.9 Å². The van der Waals surface area contributed by atoms with Gasteiger partial charge >= 0.3 is 5.76 Å². The highest BCUT2D eigenvalue weighted by Gasteiger charge is 2.37. The van der Waals surface area contributed by atoms with Gasteiger partial charge in [0.25, 0.3) is 0 Å². The minimum atomic E-state index is -0.467. The molecule has 1 saturated carbocycles. The number of oxazole rings is 1. The number of hydrogen-bond acceptors (Lipinski definition) is 4. The fraction of sp³-hybridized carbons (Fsp3) is 0.500. The van der Waals surface area contributed by atoms with Gasteiger partial charge in [0, 0.05) is 24.3 Å². The highest BCUT2D eigenvalue weighted by Crippen LogP contribution is 2.32. The van der Waals surface area contributed by atoms with E-state index in [4.69, 9.17) is 10.2 Å². The lowest BCUT2D eigenvalue weighted by atomic mass is 9.74. The quantitative estimate of drug-likeness (QED) is 0.887. The zero-order valence-corrected chi connectivity index (χ0v) is 12.9.